The van der Waals surface area contributed by atoms with E-state index >= 15 is 0 Å². The molecule has 2 rings (SSSR count). The second-order valence-corrected chi connectivity index (χ2v) is 5.07. The lowest BCUT2D eigenvalue weighted by atomic mass is 10.1. The van der Waals surface area contributed by atoms with E-state index in [1.54, 1.807) is 24.3 Å². The summed E-state index contributed by atoms with van der Waals surface area (Å²) >= 11 is 0. The van der Waals surface area contributed by atoms with Crippen LogP contribution in [0.3, 0.4) is 0 Å². The number of carbonyl (C=O) groups excluding carboxylic acids is 1. The van der Waals surface area contributed by atoms with Crippen LogP contribution < -0.4 is 11.1 Å². The first-order valence-corrected chi connectivity index (χ1v) is 6.66. The zero-order valence-corrected chi connectivity index (χ0v) is 11.0. The lowest BCUT2D eigenvalue weighted by Gasteiger charge is -2.15. The Morgan fingerprint density at radius 1 is 1.42 bits per heavy atom. The number of carbonyl (C=O) groups is 1. The Kier molecular flexibility index (Phi) is 4.76. The Bertz CT molecular complexity index is 419. The second kappa shape index (κ2) is 6.54. The number of rotatable bonds is 5. The Hall–Kier alpha value is -1.59. The highest BCUT2D eigenvalue weighted by atomic mass is 16.3. The Morgan fingerprint density at radius 2 is 2.16 bits per heavy atom. The fraction of sp³-hybridized carbons (Fsp3) is 0.500. The third-order valence-electron chi connectivity index (χ3n) is 3.47. The molecule has 19 heavy (non-hydrogen) atoms. The molecule has 0 bridgehead atoms. The monoisotopic (exact) mass is 263 g/mol. The molecule has 1 heterocycles. The molecule has 1 amide bonds. The summed E-state index contributed by atoms with van der Waals surface area (Å²) in [4.78, 5) is 14.0. The van der Waals surface area contributed by atoms with Gasteiger partial charge in [-0.1, -0.05) is 0 Å². The number of likely N-dealkylation sites (tertiary alicyclic amines) is 1. The van der Waals surface area contributed by atoms with Crippen LogP contribution in [0.25, 0.3) is 0 Å². The first kappa shape index (κ1) is 13.8. The summed E-state index contributed by atoms with van der Waals surface area (Å²) < 4.78 is 0. The van der Waals surface area contributed by atoms with Gasteiger partial charge in [-0.15, -0.1) is 0 Å². The molecule has 1 saturated heterocycles. The Morgan fingerprint density at radius 3 is 2.84 bits per heavy atom. The minimum Gasteiger partial charge on any atom is -0.399 e. The smallest absolute Gasteiger partial charge is 0.238 e. The van der Waals surface area contributed by atoms with Gasteiger partial charge in [0.05, 0.1) is 6.54 Å². The van der Waals surface area contributed by atoms with Crippen molar-refractivity contribution in [3.8, 4) is 0 Å². The fourth-order valence-electron chi connectivity index (χ4n) is 2.44. The van der Waals surface area contributed by atoms with Crippen molar-refractivity contribution in [3.05, 3.63) is 24.3 Å². The Balaban J connectivity index is 1.77. The number of nitrogens with two attached hydrogens (primary N) is 1. The van der Waals surface area contributed by atoms with E-state index in [2.05, 4.69) is 10.2 Å². The molecule has 0 radical (unpaired) electrons. The number of anilines is 2. The maximum Gasteiger partial charge on any atom is 0.238 e. The molecule has 0 spiro atoms. The molecule has 1 fully saturated rings. The van der Waals surface area contributed by atoms with Crippen molar-refractivity contribution in [2.24, 2.45) is 5.92 Å². The highest BCUT2D eigenvalue weighted by Gasteiger charge is 2.23. The molecule has 0 aromatic heterocycles. The van der Waals surface area contributed by atoms with E-state index < -0.39 is 0 Å². The molecule has 1 aromatic rings. The van der Waals surface area contributed by atoms with Gasteiger partial charge in [-0.3, -0.25) is 9.69 Å². The summed E-state index contributed by atoms with van der Waals surface area (Å²) in [5, 5.41) is 11.8. The SMILES string of the molecule is Nc1ccc(NC(=O)CN2CCC(CCO)C2)cc1. The van der Waals surface area contributed by atoms with Gasteiger partial charge < -0.3 is 16.2 Å². The van der Waals surface area contributed by atoms with E-state index in [0.29, 0.717) is 18.2 Å². The number of amides is 1. The van der Waals surface area contributed by atoms with Crippen molar-refractivity contribution in [2.45, 2.75) is 12.8 Å². The van der Waals surface area contributed by atoms with E-state index in [4.69, 9.17) is 10.8 Å². The van der Waals surface area contributed by atoms with Crippen LogP contribution in [0.15, 0.2) is 24.3 Å². The molecule has 104 valence electrons. The summed E-state index contributed by atoms with van der Waals surface area (Å²) in [7, 11) is 0. The van der Waals surface area contributed by atoms with Gasteiger partial charge in [0.2, 0.25) is 5.91 Å². The van der Waals surface area contributed by atoms with Crippen LogP contribution in [0, 0.1) is 5.92 Å². The average Bonchev–Trinajstić information content (AvgIpc) is 2.80. The van der Waals surface area contributed by atoms with Gasteiger partial charge in [0.25, 0.3) is 0 Å². The Labute approximate surface area is 113 Å². The number of benzene rings is 1. The topological polar surface area (TPSA) is 78.6 Å². The fourth-order valence-corrected chi connectivity index (χ4v) is 2.44. The van der Waals surface area contributed by atoms with Crippen LogP contribution in [0.4, 0.5) is 11.4 Å². The van der Waals surface area contributed by atoms with Gasteiger partial charge >= 0.3 is 0 Å². The van der Waals surface area contributed by atoms with Crippen molar-refractivity contribution in [2.75, 3.05) is 37.3 Å². The molecule has 0 aliphatic carbocycles. The first-order chi connectivity index (χ1) is 9.17. The van der Waals surface area contributed by atoms with Gasteiger partial charge in [0, 0.05) is 24.5 Å². The molecule has 5 heteroatoms. The predicted octanol–water partition coefficient (Wildman–Crippen LogP) is 0.912. The van der Waals surface area contributed by atoms with Crippen LogP contribution >= 0.6 is 0 Å². The second-order valence-electron chi connectivity index (χ2n) is 5.07. The third-order valence-corrected chi connectivity index (χ3v) is 3.47. The number of hydrogen-bond donors (Lipinski definition) is 3. The highest BCUT2D eigenvalue weighted by Crippen LogP contribution is 2.19. The molecule has 1 aliphatic rings. The van der Waals surface area contributed by atoms with E-state index in [1.165, 1.54) is 0 Å². The molecule has 5 nitrogen and oxygen atoms in total. The molecule has 4 N–H and O–H groups in total. The van der Waals surface area contributed by atoms with E-state index in [1.807, 2.05) is 0 Å². The summed E-state index contributed by atoms with van der Waals surface area (Å²) in [5.74, 6) is 0.517. The number of nitrogens with zero attached hydrogens (tertiary/aromatic N) is 1. The van der Waals surface area contributed by atoms with Crippen molar-refractivity contribution < 1.29 is 9.90 Å². The summed E-state index contributed by atoms with van der Waals surface area (Å²) in [6.07, 6.45) is 1.89. The maximum absolute atomic E-state index is 11.9. The molecule has 0 saturated carbocycles. The summed E-state index contributed by atoms with van der Waals surface area (Å²) in [6.45, 7) is 2.47. The zero-order chi connectivity index (χ0) is 13.7. The normalized spacial score (nSPS) is 19.5. The van der Waals surface area contributed by atoms with Crippen molar-refractivity contribution >= 4 is 17.3 Å². The molecule has 1 aliphatic heterocycles. The number of nitrogen functional groups attached to an aromatic ring is 1. The van der Waals surface area contributed by atoms with Gasteiger partial charge in [0.15, 0.2) is 0 Å². The van der Waals surface area contributed by atoms with E-state index in [-0.39, 0.29) is 12.5 Å². The molecular formula is C14H21N3O2. The lowest BCUT2D eigenvalue weighted by Crippen LogP contribution is -2.31. The molecular weight excluding hydrogens is 242 g/mol. The van der Waals surface area contributed by atoms with Crippen LogP contribution in [-0.2, 0) is 4.79 Å². The lowest BCUT2D eigenvalue weighted by molar-refractivity contribution is -0.117. The van der Waals surface area contributed by atoms with Gasteiger partial charge in [-0.2, -0.15) is 0 Å². The van der Waals surface area contributed by atoms with Crippen molar-refractivity contribution in [3.63, 3.8) is 0 Å². The predicted molar refractivity (Wildman–Crippen MR) is 75.7 cm³/mol. The summed E-state index contributed by atoms with van der Waals surface area (Å²) in [5.41, 5.74) is 7.05. The standard InChI is InChI=1S/C14H21N3O2/c15-12-1-3-13(4-2-12)16-14(19)10-17-7-5-11(9-17)6-8-18/h1-4,11,18H,5-10,15H2,(H,16,19). The average molecular weight is 263 g/mol. The number of hydrogen-bond acceptors (Lipinski definition) is 4. The third kappa shape index (κ3) is 4.22. The number of nitrogens with one attached hydrogen (secondary N) is 1. The van der Waals surface area contributed by atoms with Gasteiger partial charge in [-0.05, 0) is 49.6 Å². The zero-order valence-electron chi connectivity index (χ0n) is 11.0. The summed E-state index contributed by atoms with van der Waals surface area (Å²) in [6, 6.07) is 7.13. The van der Waals surface area contributed by atoms with Crippen LogP contribution in [0.2, 0.25) is 0 Å². The van der Waals surface area contributed by atoms with Crippen molar-refractivity contribution in [1.29, 1.82) is 0 Å². The van der Waals surface area contributed by atoms with Gasteiger partial charge in [0.1, 0.15) is 0 Å². The van der Waals surface area contributed by atoms with Crippen LogP contribution in [-0.4, -0.2) is 42.2 Å². The maximum atomic E-state index is 11.9. The quantitative estimate of drug-likeness (QED) is 0.690. The van der Waals surface area contributed by atoms with Crippen molar-refractivity contribution in [1.82, 2.24) is 4.90 Å². The minimum absolute atomic E-state index is 0.00517. The molecule has 1 atom stereocenters. The van der Waals surface area contributed by atoms with E-state index in [0.717, 1.165) is 31.6 Å². The van der Waals surface area contributed by atoms with Crippen LogP contribution in [0.5, 0.6) is 0 Å². The largest absolute Gasteiger partial charge is 0.399 e. The first-order valence-electron chi connectivity index (χ1n) is 6.66. The highest BCUT2D eigenvalue weighted by molar-refractivity contribution is 5.92. The van der Waals surface area contributed by atoms with Gasteiger partial charge in [-0.25, -0.2) is 0 Å². The molecule has 1 unspecified atom stereocenters. The number of aliphatic hydroxyl groups is 1. The minimum atomic E-state index is -0.00517. The number of aliphatic hydroxyl groups excluding tert-OH is 1. The van der Waals surface area contributed by atoms with Crippen LogP contribution in [0.1, 0.15) is 12.8 Å². The van der Waals surface area contributed by atoms with E-state index in [9.17, 15) is 4.79 Å². The molecule has 1 aromatic carbocycles.